The number of fused-ring (bicyclic) bond motifs is 1. The smallest absolute Gasteiger partial charge is 0.258 e. The molecular weight excluding hydrogens is 292 g/mol. The number of ether oxygens (including phenoxy) is 2. The maximum atomic E-state index is 13.1. The second-order valence-corrected chi connectivity index (χ2v) is 6.59. The molecule has 0 aliphatic carbocycles. The van der Waals surface area contributed by atoms with Crippen LogP contribution < -0.4 is 9.47 Å². The molecule has 3 aliphatic heterocycles. The van der Waals surface area contributed by atoms with E-state index in [2.05, 4.69) is 16.7 Å². The number of rotatable bonds is 3. The monoisotopic (exact) mass is 316 g/mol. The first-order chi connectivity index (χ1) is 11.3. The van der Waals surface area contributed by atoms with Crippen LogP contribution in [0.1, 0.15) is 43.0 Å². The van der Waals surface area contributed by atoms with Gasteiger partial charge in [-0.2, -0.15) is 0 Å². The molecule has 1 amide bonds. The highest BCUT2D eigenvalue weighted by Crippen LogP contribution is 2.38. The molecule has 0 radical (unpaired) electrons. The van der Waals surface area contributed by atoms with E-state index >= 15 is 0 Å². The Morgan fingerprint density at radius 2 is 2.00 bits per heavy atom. The first-order valence-electron chi connectivity index (χ1n) is 8.73. The minimum atomic E-state index is 0.0952. The number of amides is 1. The van der Waals surface area contributed by atoms with Crippen molar-refractivity contribution >= 4 is 5.91 Å². The van der Waals surface area contributed by atoms with Crippen molar-refractivity contribution in [1.29, 1.82) is 0 Å². The number of para-hydroxylation sites is 1. The zero-order chi connectivity index (χ0) is 15.8. The zero-order valence-corrected chi connectivity index (χ0v) is 13.7. The Morgan fingerprint density at radius 3 is 2.87 bits per heavy atom. The molecule has 23 heavy (non-hydrogen) atoms. The van der Waals surface area contributed by atoms with E-state index in [0.29, 0.717) is 29.1 Å². The van der Waals surface area contributed by atoms with Crippen LogP contribution in [0.3, 0.4) is 0 Å². The van der Waals surface area contributed by atoms with Crippen LogP contribution in [0.5, 0.6) is 11.5 Å². The summed E-state index contributed by atoms with van der Waals surface area (Å²) in [5.41, 5.74) is 0.646. The van der Waals surface area contributed by atoms with Crippen LogP contribution in [-0.4, -0.2) is 54.2 Å². The molecule has 0 bridgehead atoms. The minimum absolute atomic E-state index is 0.0952. The van der Waals surface area contributed by atoms with Gasteiger partial charge in [0.25, 0.3) is 5.91 Å². The third-order valence-electron chi connectivity index (χ3n) is 5.45. The Labute approximate surface area is 137 Å². The Kier molecular flexibility index (Phi) is 3.89. The van der Waals surface area contributed by atoms with Crippen molar-refractivity contribution in [3.63, 3.8) is 0 Å². The molecule has 3 aliphatic rings. The molecule has 1 aromatic rings. The summed E-state index contributed by atoms with van der Waals surface area (Å²) in [6, 6.07) is 6.44. The van der Waals surface area contributed by atoms with Crippen LogP contribution in [0.25, 0.3) is 0 Å². The predicted molar refractivity (Wildman–Crippen MR) is 86.9 cm³/mol. The van der Waals surface area contributed by atoms with Gasteiger partial charge in [-0.05, 0) is 50.9 Å². The summed E-state index contributed by atoms with van der Waals surface area (Å²) >= 11 is 0. The van der Waals surface area contributed by atoms with Crippen LogP contribution in [0.2, 0.25) is 0 Å². The summed E-state index contributed by atoms with van der Waals surface area (Å²) in [6.07, 6.45) is 4.65. The lowest BCUT2D eigenvalue weighted by Gasteiger charge is -2.34. The van der Waals surface area contributed by atoms with Gasteiger partial charge in [0.1, 0.15) is 0 Å². The van der Waals surface area contributed by atoms with Gasteiger partial charge in [-0.3, -0.25) is 9.69 Å². The van der Waals surface area contributed by atoms with Crippen LogP contribution in [0.15, 0.2) is 18.2 Å². The van der Waals surface area contributed by atoms with E-state index in [9.17, 15) is 4.79 Å². The van der Waals surface area contributed by atoms with E-state index in [-0.39, 0.29) is 12.7 Å². The molecular formula is C18H24N2O3. The average molecular weight is 316 g/mol. The van der Waals surface area contributed by atoms with Gasteiger partial charge in [0.05, 0.1) is 5.56 Å². The fourth-order valence-electron chi connectivity index (χ4n) is 4.38. The number of likely N-dealkylation sites (N-methyl/N-ethyl adjacent to an activating group) is 1. The van der Waals surface area contributed by atoms with Crippen molar-refractivity contribution in [2.24, 2.45) is 0 Å². The Balaban J connectivity index is 1.59. The summed E-state index contributed by atoms with van der Waals surface area (Å²) in [7, 11) is 0. The predicted octanol–water partition coefficient (Wildman–Crippen LogP) is 2.50. The SMILES string of the molecule is CCN1CCC[C@@H]1[C@H]1CCCN1C(=O)c1cccc2c1OCO2. The quantitative estimate of drug-likeness (QED) is 0.859. The van der Waals surface area contributed by atoms with Crippen LogP contribution in [-0.2, 0) is 0 Å². The lowest BCUT2D eigenvalue weighted by Crippen LogP contribution is -2.48. The molecule has 5 nitrogen and oxygen atoms in total. The van der Waals surface area contributed by atoms with E-state index in [1.807, 2.05) is 18.2 Å². The van der Waals surface area contributed by atoms with Gasteiger partial charge in [0.2, 0.25) is 6.79 Å². The molecule has 4 rings (SSSR count). The minimum Gasteiger partial charge on any atom is -0.454 e. The Morgan fingerprint density at radius 1 is 1.17 bits per heavy atom. The van der Waals surface area contributed by atoms with Crippen molar-refractivity contribution in [2.75, 3.05) is 26.4 Å². The second kappa shape index (κ2) is 6.04. The van der Waals surface area contributed by atoms with Crippen LogP contribution >= 0.6 is 0 Å². The average Bonchev–Trinajstić information content (AvgIpc) is 3.31. The number of benzene rings is 1. The van der Waals surface area contributed by atoms with Crippen molar-refractivity contribution in [1.82, 2.24) is 9.80 Å². The maximum absolute atomic E-state index is 13.1. The third-order valence-corrected chi connectivity index (χ3v) is 5.45. The maximum Gasteiger partial charge on any atom is 0.258 e. The topological polar surface area (TPSA) is 42.0 Å². The molecule has 0 saturated carbocycles. The fourth-order valence-corrected chi connectivity index (χ4v) is 4.38. The van der Waals surface area contributed by atoms with Crippen molar-refractivity contribution < 1.29 is 14.3 Å². The summed E-state index contributed by atoms with van der Waals surface area (Å²) in [6.45, 7) is 5.50. The molecule has 0 N–H and O–H groups in total. The number of likely N-dealkylation sites (tertiary alicyclic amines) is 2. The molecule has 0 aromatic heterocycles. The van der Waals surface area contributed by atoms with E-state index in [1.165, 1.54) is 12.8 Å². The Hall–Kier alpha value is -1.75. The molecule has 0 spiro atoms. The number of carbonyl (C=O) groups excluding carboxylic acids is 1. The van der Waals surface area contributed by atoms with Gasteiger partial charge >= 0.3 is 0 Å². The van der Waals surface area contributed by atoms with E-state index < -0.39 is 0 Å². The molecule has 3 heterocycles. The van der Waals surface area contributed by atoms with Gasteiger partial charge in [-0.1, -0.05) is 13.0 Å². The highest BCUT2D eigenvalue weighted by molar-refractivity contribution is 5.98. The fraction of sp³-hybridized carbons (Fsp3) is 0.611. The standard InChI is InChI=1S/C18H24N2O3/c1-2-19-10-4-7-14(19)15-8-5-11-20(15)18(21)13-6-3-9-16-17(13)23-12-22-16/h3,6,9,14-15H,2,4-5,7-8,10-12H2,1H3/t14-,15-/m1/s1. The Bertz CT molecular complexity index is 604. The number of carbonyl (C=O) groups is 1. The van der Waals surface area contributed by atoms with E-state index in [0.717, 1.165) is 32.5 Å². The van der Waals surface area contributed by atoms with Crippen LogP contribution in [0, 0.1) is 0 Å². The molecule has 1 aromatic carbocycles. The van der Waals surface area contributed by atoms with E-state index in [4.69, 9.17) is 9.47 Å². The molecule has 124 valence electrons. The third kappa shape index (κ3) is 2.47. The van der Waals surface area contributed by atoms with Gasteiger partial charge in [0, 0.05) is 18.6 Å². The first-order valence-corrected chi connectivity index (χ1v) is 8.73. The molecule has 0 unspecified atom stereocenters. The normalized spacial score (nSPS) is 26.9. The summed E-state index contributed by atoms with van der Waals surface area (Å²) in [4.78, 5) is 17.8. The van der Waals surface area contributed by atoms with E-state index in [1.54, 1.807) is 0 Å². The number of hydrogen-bond acceptors (Lipinski definition) is 4. The number of nitrogens with zero attached hydrogens (tertiary/aromatic N) is 2. The first kappa shape index (κ1) is 14.8. The van der Waals surface area contributed by atoms with Crippen molar-refractivity contribution in [2.45, 2.75) is 44.7 Å². The van der Waals surface area contributed by atoms with Gasteiger partial charge in [0.15, 0.2) is 11.5 Å². The zero-order valence-electron chi connectivity index (χ0n) is 13.7. The van der Waals surface area contributed by atoms with Gasteiger partial charge in [-0.15, -0.1) is 0 Å². The molecule has 2 saturated heterocycles. The highest BCUT2D eigenvalue weighted by atomic mass is 16.7. The molecule has 2 fully saturated rings. The summed E-state index contributed by atoms with van der Waals surface area (Å²) in [5, 5.41) is 0. The van der Waals surface area contributed by atoms with Crippen molar-refractivity contribution in [3.8, 4) is 11.5 Å². The van der Waals surface area contributed by atoms with Crippen molar-refractivity contribution in [3.05, 3.63) is 23.8 Å². The van der Waals surface area contributed by atoms with Gasteiger partial charge in [-0.25, -0.2) is 0 Å². The molecule has 2 atom stereocenters. The van der Waals surface area contributed by atoms with Crippen LogP contribution in [0.4, 0.5) is 0 Å². The molecule has 5 heteroatoms. The number of hydrogen-bond donors (Lipinski definition) is 0. The largest absolute Gasteiger partial charge is 0.454 e. The highest BCUT2D eigenvalue weighted by Gasteiger charge is 2.40. The second-order valence-electron chi connectivity index (χ2n) is 6.59. The summed E-state index contributed by atoms with van der Waals surface area (Å²) < 4.78 is 10.9. The summed E-state index contributed by atoms with van der Waals surface area (Å²) in [5.74, 6) is 1.39. The van der Waals surface area contributed by atoms with Gasteiger partial charge < -0.3 is 14.4 Å². The lowest BCUT2D eigenvalue weighted by atomic mass is 10.0. The lowest BCUT2D eigenvalue weighted by molar-refractivity contribution is 0.0645.